The third-order valence-corrected chi connectivity index (χ3v) is 2.16. The highest BCUT2D eigenvalue weighted by molar-refractivity contribution is 4.84. The second-order valence-electron chi connectivity index (χ2n) is 3.22. The summed E-state index contributed by atoms with van der Waals surface area (Å²) in [7, 11) is 1.86. The van der Waals surface area contributed by atoms with Crippen molar-refractivity contribution in [1.29, 1.82) is 0 Å². The molecule has 4 nitrogen and oxygen atoms in total. The molecule has 1 heterocycles. The standard InChI is InChI=1S/C7H15NO3/c1-8-2-5(4-9)7(11)6(10)3-8/h5-7,9-11H,2-4H2,1H3/t5-,6+,7-/m0/s1. The third kappa shape index (κ3) is 1.90. The highest BCUT2D eigenvalue weighted by Gasteiger charge is 2.32. The van der Waals surface area contributed by atoms with Crippen LogP contribution in [0.3, 0.4) is 0 Å². The fourth-order valence-corrected chi connectivity index (χ4v) is 1.49. The minimum atomic E-state index is -0.767. The number of hydrogen-bond donors (Lipinski definition) is 3. The van der Waals surface area contributed by atoms with E-state index in [4.69, 9.17) is 5.11 Å². The van der Waals surface area contributed by atoms with Gasteiger partial charge in [0.25, 0.3) is 0 Å². The van der Waals surface area contributed by atoms with Crippen molar-refractivity contribution in [3.63, 3.8) is 0 Å². The number of β-amino-alcohol motifs (C(OH)–C–C–N with tert-alkyl or cyclic N) is 1. The van der Waals surface area contributed by atoms with Gasteiger partial charge >= 0.3 is 0 Å². The van der Waals surface area contributed by atoms with E-state index >= 15 is 0 Å². The molecule has 0 unspecified atom stereocenters. The molecule has 0 aliphatic carbocycles. The number of piperidine rings is 1. The van der Waals surface area contributed by atoms with Crippen molar-refractivity contribution in [2.45, 2.75) is 12.2 Å². The van der Waals surface area contributed by atoms with E-state index in [0.29, 0.717) is 13.1 Å². The van der Waals surface area contributed by atoms with Crippen LogP contribution < -0.4 is 0 Å². The van der Waals surface area contributed by atoms with Gasteiger partial charge in [-0.1, -0.05) is 0 Å². The molecule has 0 bridgehead atoms. The first-order valence-electron chi connectivity index (χ1n) is 3.80. The average molecular weight is 161 g/mol. The molecule has 4 heteroatoms. The fraction of sp³-hybridized carbons (Fsp3) is 1.00. The summed E-state index contributed by atoms with van der Waals surface area (Å²) >= 11 is 0. The zero-order valence-corrected chi connectivity index (χ0v) is 6.64. The molecule has 3 atom stereocenters. The number of hydrogen-bond acceptors (Lipinski definition) is 4. The summed E-state index contributed by atoms with van der Waals surface area (Å²) in [5, 5.41) is 27.4. The van der Waals surface area contributed by atoms with Crippen LogP contribution in [0.15, 0.2) is 0 Å². The molecule has 0 spiro atoms. The predicted octanol–water partition coefficient (Wildman–Crippen LogP) is -1.74. The van der Waals surface area contributed by atoms with Gasteiger partial charge in [0.15, 0.2) is 0 Å². The van der Waals surface area contributed by atoms with E-state index in [9.17, 15) is 10.2 Å². The molecule has 0 radical (unpaired) electrons. The molecule has 0 aromatic heterocycles. The summed E-state index contributed by atoms with van der Waals surface area (Å²) < 4.78 is 0. The normalized spacial score (nSPS) is 40.9. The highest BCUT2D eigenvalue weighted by atomic mass is 16.3. The third-order valence-electron chi connectivity index (χ3n) is 2.16. The summed E-state index contributed by atoms with van der Waals surface area (Å²) in [5.41, 5.74) is 0. The lowest BCUT2D eigenvalue weighted by molar-refractivity contribution is -0.0804. The van der Waals surface area contributed by atoms with Gasteiger partial charge in [0.1, 0.15) is 0 Å². The number of aliphatic hydroxyl groups excluding tert-OH is 3. The first kappa shape index (κ1) is 8.93. The van der Waals surface area contributed by atoms with Gasteiger partial charge < -0.3 is 20.2 Å². The van der Waals surface area contributed by atoms with Gasteiger partial charge in [0, 0.05) is 25.6 Å². The molecule has 1 aliphatic heterocycles. The zero-order chi connectivity index (χ0) is 8.43. The monoisotopic (exact) mass is 161 g/mol. The molecule has 3 N–H and O–H groups in total. The van der Waals surface area contributed by atoms with Gasteiger partial charge in [0.05, 0.1) is 12.2 Å². The van der Waals surface area contributed by atoms with E-state index < -0.39 is 12.2 Å². The molecular formula is C7H15NO3. The van der Waals surface area contributed by atoms with Gasteiger partial charge in [-0.3, -0.25) is 0 Å². The summed E-state index contributed by atoms with van der Waals surface area (Å²) in [4.78, 5) is 1.90. The predicted molar refractivity (Wildman–Crippen MR) is 40.1 cm³/mol. The van der Waals surface area contributed by atoms with Crippen LogP contribution in [0.2, 0.25) is 0 Å². The zero-order valence-electron chi connectivity index (χ0n) is 6.64. The lowest BCUT2D eigenvalue weighted by Crippen LogP contribution is -2.52. The van der Waals surface area contributed by atoms with Crippen molar-refractivity contribution >= 4 is 0 Å². The molecule has 0 aromatic rings. The van der Waals surface area contributed by atoms with Gasteiger partial charge in [0.2, 0.25) is 0 Å². The average Bonchev–Trinajstić information content (AvgIpc) is 1.96. The molecule has 1 fully saturated rings. The Hall–Kier alpha value is -0.160. The van der Waals surface area contributed by atoms with Crippen LogP contribution in [0.4, 0.5) is 0 Å². The van der Waals surface area contributed by atoms with E-state index in [2.05, 4.69) is 0 Å². The maximum absolute atomic E-state index is 9.32. The summed E-state index contributed by atoms with van der Waals surface area (Å²) in [6.07, 6.45) is -1.48. The fourth-order valence-electron chi connectivity index (χ4n) is 1.49. The number of likely N-dealkylation sites (tertiary alicyclic amines) is 1. The molecular weight excluding hydrogens is 146 g/mol. The molecule has 1 saturated heterocycles. The van der Waals surface area contributed by atoms with Crippen molar-refractivity contribution in [1.82, 2.24) is 4.90 Å². The Morgan fingerprint density at radius 2 is 2.00 bits per heavy atom. The van der Waals surface area contributed by atoms with Crippen molar-refractivity contribution in [3.8, 4) is 0 Å². The van der Waals surface area contributed by atoms with Crippen LogP contribution >= 0.6 is 0 Å². The Kier molecular flexibility index (Phi) is 2.84. The first-order valence-corrected chi connectivity index (χ1v) is 3.80. The summed E-state index contributed by atoms with van der Waals surface area (Å²) in [6.45, 7) is 1.06. The van der Waals surface area contributed by atoms with E-state index in [1.54, 1.807) is 0 Å². The Morgan fingerprint density at radius 3 is 2.55 bits per heavy atom. The van der Waals surface area contributed by atoms with Crippen LogP contribution in [-0.2, 0) is 0 Å². The molecule has 0 aromatic carbocycles. The Balaban J connectivity index is 2.51. The molecule has 1 aliphatic rings. The quantitative estimate of drug-likeness (QED) is 0.427. The Morgan fingerprint density at radius 1 is 1.36 bits per heavy atom. The van der Waals surface area contributed by atoms with Gasteiger partial charge in [-0.15, -0.1) is 0 Å². The van der Waals surface area contributed by atoms with Crippen LogP contribution in [0.1, 0.15) is 0 Å². The molecule has 1 rings (SSSR count). The first-order chi connectivity index (χ1) is 5.15. The number of likely N-dealkylation sites (N-methyl/N-ethyl adjacent to an activating group) is 1. The van der Waals surface area contributed by atoms with Crippen molar-refractivity contribution in [3.05, 3.63) is 0 Å². The van der Waals surface area contributed by atoms with Gasteiger partial charge in [-0.2, -0.15) is 0 Å². The lowest BCUT2D eigenvalue weighted by Gasteiger charge is -2.36. The maximum Gasteiger partial charge on any atom is 0.0929 e. The summed E-state index contributed by atoms with van der Waals surface area (Å²) in [5.74, 6) is -0.205. The topological polar surface area (TPSA) is 63.9 Å². The molecule has 0 amide bonds. The lowest BCUT2D eigenvalue weighted by atomic mass is 9.94. The van der Waals surface area contributed by atoms with Gasteiger partial charge in [-0.25, -0.2) is 0 Å². The minimum Gasteiger partial charge on any atom is -0.396 e. The smallest absolute Gasteiger partial charge is 0.0929 e. The molecule has 0 saturated carbocycles. The van der Waals surface area contributed by atoms with Crippen molar-refractivity contribution in [2.75, 3.05) is 26.7 Å². The maximum atomic E-state index is 9.32. The Labute approximate surface area is 66.1 Å². The summed E-state index contributed by atoms with van der Waals surface area (Å²) in [6, 6.07) is 0. The van der Waals surface area contributed by atoms with Crippen LogP contribution in [-0.4, -0.2) is 59.2 Å². The number of nitrogens with zero attached hydrogens (tertiary/aromatic N) is 1. The van der Waals surface area contributed by atoms with E-state index in [0.717, 1.165) is 0 Å². The molecule has 11 heavy (non-hydrogen) atoms. The number of aliphatic hydroxyl groups is 3. The van der Waals surface area contributed by atoms with Crippen LogP contribution in [0, 0.1) is 5.92 Å². The van der Waals surface area contributed by atoms with Crippen LogP contribution in [0.5, 0.6) is 0 Å². The van der Waals surface area contributed by atoms with Gasteiger partial charge in [-0.05, 0) is 7.05 Å². The minimum absolute atomic E-state index is 0.0669. The highest BCUT2D eigenvalue weighted by Crippen LogP contribution is 2.15. The SMILES string of the molecule is CN1C[C@@H](CO)[C@H](O)[C@H](O)C1. The second kappa shape index (κ2) is 3.49. The second-order valence-corrected chi connectivity index (χ2v) is 3.22. The van der Waals surface area contributed by atoms with Crippen molar-refractivity contribution < 1.29 is 15.3 Å². The number of rotatable bonds is 1. The van der Waals surface area contributed by atoms with E-state index in [-0.39, 0.29) is 12.5 Å². The van der Waals surface area contributed by atoms with Crippen LogP contribution in [0.25, 0.3) is 0 Å². The Bertz CT molecular complexity index is 131. The van der Waals surface area contributed by atoms with E-state index in [1.165, 1.54) is 0 Å². The largest absolute Gasteiger partial charge is 0.396 e. The van der Waals surface area contributed by atoms with Crippen molar-refractivity contribution in [2.24, 2.45) is 5.92 Å². The van der Waals surface area contributed by atoms with E-state index in [1.807, 2.05) is 11.9 Å². The molecule has 66 valence electrons.